The van der Waals surface area contributed by atoms with E-state index >= 15 is 0 Å². The summed E-state index contributed by atoms with van der Waals surface area (Å²) in [7, 11) is -3.87. The summed E-state index contributed by atoms with van der Waals surface area (Å²) in [4.78, 5) is 29.6. The number of nitrogens with zero attached hydrogens (tertiary/aromatic N) is 1. The van der Waals surface area contributed by atoms with Crippen LogP contribution in [0.1, 0.15) is 34.6 Å². The van der Waals surface area contributed by atoms with E-state index in [0.717, 1.165) is 26.7 Å². The van der Waals surface area contributed by atoms with Crippen LogP contribution in [0.3, 0.4) is 0 Å². The molecule has 2 amide bonds. The number of carbonyl (C=O) groups excluding carboxylic acids is 2. The van der Waals surface area contributed by atoms with Crippen molar-refractivity contribution in [3.8, 4) is 0 Å². The fraction of sp³-hybridized carbons (Fsp3) is 0.286. The summed E-state index contributed by atoms with van der Waals surface area (Å²) in [5.74, 6) is -0.280. The SMILES string of the molecule is O=C(NCCCC[C@H](NS(=O)(=O)c1cccs1)C(=O)N(Cc1cccs1)Cc1cccs1)OCc1ccccc1. The smallest absolute Gasteiger partial charge is 0.407 e. The molecule has 0 spiro atoms. The molecular weight excluding hydrogens is 587 g/mol. The molecule has 0 aliphatic rings. The summed E-state index contributed by atoms with van der Waals surface area (Å²) in [6, 6.07) is 19.4. The zero-order valence-electron chi connectivity index (χ0n) is 21.7. The van der Waals surface area contributed by atoms with Gasteiger partial charge in [0, 0.05) is 16.3 Å². The number of nitrogens with one attached hydrogen (secondary N) is 2. The summed E-state index contributed by atoms with van der Waals surface area (Å²) in [6.07, 6.45) is 0.845. The lowest BCUT2D eigenvalue weighted by molar-refractivity contribution is -0.134. The number of ether oxygens (including phenoxy) is 1. The van der Waals surface area contributed by atoms with Crippen molar-refractivity contribution >= 4 is 56.0 Å². The molecule has 4 rings (SSSR count). The van der Waals surface area contributed by atoms with Gasteiger partial charge in [0.25, 0.3) is 10.0 Å². The molecule has 4 aromatic rings. The minimum atomic E-state index is -3.87. The number of sulfonamides is 1. The fourth-order valence-electron chi connectivity index (χ4n) is 3.95. The first-order valence-electron chi connectivity index (χ1n) is 12.7. The highest BCUT2D eigenvalue weighted by Crippen LogP contribution is 2.21. The topological polar surface area (TPSA) is 105 Å². The molecule has 0 fully saturated rings. The molecule has 0 unspecified atom stereocenters. The third kappa shape index (κ3) is 9.27. The van der Waals surface area contributed by atoms with E-state index in [0.29, 0.717) is 32.5 Å². The van der Waals surface area contributed by atoms with Gasteiger partial charge in [0.1, 0.15) is 16.9 Å². The van der Waals surface area contributed by atoms with Crippen LogP contribution < -0.4 is 10.0 Å². The average Bonchev–Trinajstić information content (AvgIpc) is 3.75. The molecule has 0 bridgehead atoms. The molecule has 2 N–H and O–H groups in total. The van der Waals surface area contributed by atoms with Crippen LogP contribution in [-0.2, 0) is 39.3 Å². The Morgan fingerprint density at radius 1 is 0.825 bits per heavy atom. The molecule has 0 aliphatic carbocycles. The highest BCUT2D eigenvalue weighted by molar-refractivity contribution is 7.91. The van der Waals surface area contributed by atoms with Gasteiger partial charge in [0.15, 0.2) is 0 Å². The second kappa shape index (κ2) is 15.1. The normalized spacial score (nSPS) is 12.1. The minimum Gasteiger partial charge on any atom is -0.445 e. The zero-order valence-corrected chi connectivity index (χ0v) is 25.0. The lowest BCUT2D eigenvalue weighted by Gasteiger charge is -2.27. The van der Waals surface area contributed by atoms with Crippen molar-refractivity contribution in [2.45, 2.75) is 49.2 Å². The summed E-state index contributed by atoms with van der Waals surface area (Å²) < 4.78 is 34.2. The molecule has 3 heterocycles. The van der Waals surface area contributed by atoms with Crippen molar-refractivity contribution in [1.29, 1.82) is 0 Å². The quantitative estimate of drug-likeness (QED) is 0.163. The van der Waals surface area contributed by atoms with Gasteiger partial charge in [-0.1, -0.05) is 48.5 Å². The van der Waals surface area contributed by atoms with Crippen molar-refractivity contribution in [3.05, 3.63) is 98.2 Å². The van der Waals surface area contributed by atoms with Crippen molar-refractivity contribution in [3.63, 3.8) is 0 Å². The minimum absolute atomic E-state index is 0.163. The highest BCUT2D eigenvalue weighted by atomic mass is 32.2. The number of unbranched alkanes of at least 4 members (excludes halogenated alkanes) is 1. The second-order valence-electron chi connectivity index (χ2n) is 8.94. The van der Waals surface area contributed by atoms with Crippen LogP contribution in [0.5, 0.6) is 0 Å². The van der Waals surface area contributed by atoms with Crippen molar-refractivity contribution in [2.75, 3.05) is 6.54 Å². The van der Waals surface area contributed by atoms with Crippen molar-refractivity contribution in [1.82, 2.24) is 14.9 Å². The molecular formula is C28H31N3O5S4. The summed E-state index contributed by atoms with van der Waals surface area (Å²) in [5, 5.41) is 8.32. The Kier molecular flexibility index (Phi) is 11.3. The Morgan fingerprint density at radius 2 is 1.48 bits per heavy atom. The maximum Gasteiger partial charge on any atom is 0.407 e. The molecule has 0 aliphatic heterocycles. The van der Waals surface area contributed by atoms with Crippen molar-refractivity contribution in [2.24, 2.45) is 0 Å². The molecule has 212 valence electrons. The van der Waals surface area contributed by atoms with Crippen LogP contribution in [0.4, 0.5) is 4.79 Å². The number of alkyl carbamates (subject to hydrolysis) is 1. The number of amides is 2. The Bertz CT molecular complexity index is 1370. The maximum absolute atomic E-state index is 13.9. The van der Waals surface area contributed by atoms with Gasteiger partial charge < -0.3 is 15.0 Å². The Balaban J connectivity index is 1.37. The van der Waals surface area contributed by atoms with Crippen LogP contribution in [0.2, 0.25) is 0 Å². The van der Waals surface area contributed by atoms with E-state index in [1.165, 1.54) is 6.07 Å². The Hall–Kier alpha value is -3.03. The van der Waals surface area contributed by atoms with Gasteiger partial charge in [-0.2, -0.15) is 4.72 Å². The molecule has 3 aromatic heterocycles. The van der Waals surface area contributed by atoms with Crippen LogP contribution >= 0.6 is 34.0 Å². The van der Waals surface area contributed by atoms with E-state index in [1.54, 1.807) is 39.0 Å². The number of thiophene rings is 3. The van der Waals surface area contributed by atoms with Gasteiger partial charge in [-0.05, 0) is 59.2 Å². The van der Waals surface area contributed by atoms with E-state index in [9.17, 15) is 18.0 Å². The number of carbonyl (C=O) groups is 2. The third-order valence-corrected chi connectivity index (χ3v) is 10.5. The fourth-order valence-corrected chi connectivity index (χ4v) is 7.62. The third-order valence-electron chi connectivity index (χ3n) is 5.92. The van der Waals surface area contributed by atoms with Gasteiger partial charge in [-0.3, -0.25) is 4.79 Å². The molecule has 1 atom stereocenters. The first-order valence-corrected chi connectivity index (χ1v) is 16.9. The number of hydrogen-bond donors (Lipinski definition) is 2. The number of rotatable bonds is 15. The highest BCUT2D eigenvalue weighted by Gasteiger charge is 2.30. The standard InChI is InChI=1S/C28H31N3O5S4/c32-27(31(19-23-11-6-16-37-23)20-24-12-7-17-38-24)25(30-40(34,35)26-14-8-18-39-26)13-4-5-15-29-28(33)36-21-22-9-2-1-3-10-22/h1-3,6-12,14,16-18,25,30H,4-5,13,15,19-21H2,(H,29,33)/t25-/m0/s1. The predicted molar refractivity (Wildman–Crippen MR) is 160 cm³/mol. The largest absolute Gasteiger partial charge is 0.445 e. The molecule has 0 radical (unpaired) electrons. The molecule has 8 nitrogen and oxygen atoms in total. The predicted octanol–water partition coefficient (Wildman–Crippen LogP) is 5.84. The van der Waals surface area contributed by atoms with E-state index in [-0.39, 0.29) is 23.1 Å². The van der Waals surface area contributed by atoms with Gasteiger partial charge >= 0.3 is 6.09 Å². The Morgan fingerprint density at radius 3 is 2.08 bits per heavy atom. The van der Waals surface area contributed by atoms with E-state index < -0.39 is 22.2 Å². The molecule has 0 saturated carbocycles. The van der Waals surface area contributed by atoms with E-state index in [4.69, 9.17) is 4.74 Å². The molecule has 12 heteroatoms. The Labute approximate surface area is 246 Å². The number of benzene rings is 1. The zero-order chi connectivity index (χ0) is 28.2. The molecule has 1 aromatic carbocycles. The van der Waals surface area contributed by atoms with Crippen molar-refractivity contribution < 1.29 is 22.7 Å². The van der Waals surface area contributed by atoms with Crippen LogP contribution in [-0.4, -0.2) is 37.9 Å². The van der Waals surface area contributed by atoms with Crippen LogP contribution in [0.25, 0.3) is 0 Å². The van der Waals surface area contributed by atoms with Gasteiger partial charge in [0.2, 0.25) is 5.91 Å². The number of hydrogen-bond acceptors (Lipinski definition) is 8. The summed E-state index contributed by atoms with van der Waals surface area (Å²) in [5.41, 5.74) is 0.895. The van der Waals surface area contributed by atoms with Gasteiger partial charge in [-0.15, -0.1) is 34.0 Å². The first-order chi connectivity index (χ1) is 19.4. The lowest BCUT2D eigenvalue weighted by Crippen LogP contribution is -2.47. The molecule has 40 heavy (non-hydrogen) atoms. The van der Waals surface area contributed by atoms with Crippen LogP contribution in [0.15, 0.2) is 87.1 Å². The van der Waals surface area contributed by atoms with Gasteiger partial charge in [0.05, 0.1) is 13.1 Å². The summed E-state index contributed by atoms with van der Waals surface area (Å²) >= 11 is 4.21. The molecule has 0 saturated heterocycles. The van der Waals surface area contributed by atoms with E-state index in [2.05, 4.69) is 10.0 Å². The first kappa shape index (κ1) is 29.9. The maximum atomic E-state index is 13.9. The van der Waals surface area contributed by atoms with Gasteiger partial charge in [-0.25, -0.2) is 13.2 Å². The summed E-state index contributed by atoms with van der Waals surface area (Å²) in [6.45, 7) is 1.30. The lowest BCUT2D eigenvalue weighted by atomic mass is 10.1. The van der Waals surface area contributed by atoms with E-state index in [1.807, 2.05) is 65.4 Å². The average molecular weight is 618 g/mol. The second-order valence-corrected chi connectivity index (χ2v) is 13.9. The van der Waals surface area contributed by atoms with Crippen LogP contribution in [0, 0.1) is 0 Å². The monoisotopic (exact) mass is 617 g/mol.